The number of hydrogen-bond acceptors (Lipinski definition) is 3. The van der Waals surface area contributed by atoms with Crippen LogP contribution in [0.25, 0.3) is 0 Å². The number of carbonyl (C=O) groups excluding carboxylic acids is 1. The molecule has 0 spiro atoms. The number of carbonyl (C=O) groups is 1. The minimum Gasteiger partial charge on any atom is -1.00 e. The Bertz CT molecular complexity index is 344. The van der Waals surface area contributed by atoms with E-state index in [2.05, 4.69) is 4.74 Å². The molecule has 70 valence electrons. The number of ether oxygens (including phenoxy) is 2. The monoisotopic (exact) mass is 222 g/mol. The van der Waals surface area contributed by atoms with E-state index in [1.54, 1.807) is 6.07 Å². The van der Waals surface area contributed by atoms with E-state index in [1.165, 1.54) is 18.2 Å². The summed E-state index contributed by atoms with van der Waals surface area (Å²) in [6, 6.07) is 5.76. The molecule has 1 aliphatic rings. The van der Waals surface area contributed by atoms with Crippen molar-refractivity contribution in [2.24, 2.45) is 0 Å². The van der Waals surface area contributed by atoms with Gasteiger partial charge in [0, 0.05) is 0 Å². The van der Waals surface area contributed by atoms with Crippen LogP contribution in [0.15, 0.2) is 24.3 Å². The van der Waals surface area contributed by atoms with Crippen LogP contribution >= 0.6 is 0 Å². The Morgan fingerprint density at radius 3 is 2.79 bits per heavy atom. The maximum atomic E-state index is 12.9. The average Bonchev–Trinajstić information content (AvgIpc) is 2.91. The molecule has 1 fully saturated rings. The van der Waals surface area contributed by atoms with Gasteiger partial charge in [-0.15, -0.1) is 0 Å². The van der Waals surface area contributed by atoms with Crippen LogP contribution in [0.4, 0.5) is 4.39 Å². The van der Waals surface area contributed by atoms with Crippen LogP contribution in [0.1, 0.15) is 1.43 Å². The first kappa shape index (κ1) is 12.3. The van der Waals surface area contributed by atoms with Gasteiger partial charge in [0.25, 0.3) is 0 Å². The summed E-state index contributed by atoms with van der Waals surface area (Å²) >= 11 is 0. The SMILES string of the molecule is O=C(Oc1ccccc1F)C1CO1.[H-].[K+]. The molecule has 1 aliphatic heterocycles. The second-order valence-corrected chi connectivity index (χ2v) is 2.67. The van der Waals surface area contributed by atoms with E-state index in [9.17, 15) is 9.18 Å². The molecule has 0 saturated carbocycles. The van der Waals surface area contributed by atoms with Gasteiger partial charge in [0.05, 0.1) is 6.61 Å². The first-order valence-electron chi connectivity index (χ1n) is 3.85. The van der Waals surface area contributed by atoms with Crippen molar-refractivity contribution in [2.75, 3.05) is 6.61 Å². The van der Waals surface area contributed by atoms with Gasteiger partial charge < -0.3 is 10.9 Å². The van der Waals surface area contributed by atoms with E-state index in [4.69, 9.17) is 4.74 Å². The summed E-state index contributed by atoms with van der Waals surface area (Å²) in [5, 5.41) is 0. The zero-order valence-electron chi connectivity index (χ0n) is 8.70. The van der Waals surface area contributed by atoms with Crippen LogP contribution in [0.2, 0.25) is 0 Å². The second-order valence-electron chi connectivity index (χ2n) is 2.67. The van der Waals surface area contributed by atoms with Crippen LogP contribution in [0.5, 0.6) is 5.75 Å². The average molecular weight is 222 g/mol. The van der Waals surface area contributed by atoms with Crippen molar-refractivity contribution in [1.29, 1.82) is 0 Å². The summed E-state index contributed by atoms with van der Waals surface area (Å²) in [7, 11) is 0. The van der Waals surface area contributed by atoms with Gasteiger partial charge in [-0.3, -0.25) is 0 Å². The van der Waals surface area contributed by atoms with E-state index < -0.39 is 17.9 Å². The molecule has 1 saturated heterocycles. The smallest absolute Gasteiger partial charge is 1.00 e. The molecule has 1 atom stereocenters. The molecule has 1 aromatic rings. The van der Waals surface area contributed by atoms with E-state index in [-0.39, 0.29) is 58.6 Å². The molecule has 0 bridgehead atoms. The normalized spacial score (nSPS) is 18.2. The van der Waals surface area contributed by atoms with Crippen molar-refractivity contribution < 1.29 is 71.5 Å². The van der Waals surface area contributed by atoms with E-state index in [1.807, 2.05) is 0 Å². The quantitative estimate of drug-likeness (QED) is 0.258. The van der Waals surface area contributed by atoms with E-state index in [0.717, 1.165) is 0 Å². The van der Waals surface area contributed by atoms with E-state index in [0.29, 0.717) is 6.61 Å². The fourth-order valence-corrected chi connectivity index (χ4v) is 0.886. The van der Waals surface area contributed by atoms with Gasteiger partial charge in [-0.25, -0.2) is 9.18 Å². The van der Waals surface area contributed by atoms with Gasteiger partial charge in [0.15, 0.2) is 17.7 Å². The number of halogens is 1. The molecule has 1 heterocycles. The number of epoxide rings is 1. The number of benzene rings is 1. The van der Waals surface area contributed by atoms with Crippen molar-refractivity contribution in [3.05, 3.63) is 30.1 Å². The van der Waals surface area contributed by atoms with Crippen molar-refractivity contribution in [3.63, 3.8) is 0 Å². The van der Waals surface area contributed by atoms with Crippen LogP contribution in [-0.2, 0) is 9.53 Å². The summed E-state index contributed by atoms with van der Waals surface area (Å²) in [5.41, 5.74) is 0. The van der Waals surface area contributed by atoms with Gasteiger partial charge in [-0.1, -0.05) is 12.1 Å². The molecule has 1 unspecified atom stereocenters. The first-order chi connectivity index (χ1) is 6.27. The van der Waals surface area contributed by atoms with Gasteiger partial charge in [-0.2, -0.15) is 0 Å². The fourth-order valence-electron chi connectivity index (χ4n) is 0.886. The maximum Gasteiger partial charge on any atom is 1.00 e. The maximum absolute atomic E-state index is 12.9. The minimum atomic E-state index is -0.545. The Morgan fingerprint density at radius 2 is 2.21 bits per heavy atom. The number of esters is 1. The molecular weight excluding hydrogens is 214 g/mol. The van der Waals surface area contributed by atoms with Crippen LogP contribution in [0, 0.1) is 5.82 Å². The molecule has 0 N–H and O–H groups in total. The van der Waals surface area contributed by atoms with Crippen molar-refractivity contribution in [2.45, 2.75) is 6.10 Å². The largest absolute Gasteiger partial charge is 1.00 e. The Balaban J connectivity index is 0.000000980. The zero-order valence-corrected chi connectivity index (χ0v) is 10.8. The van der Waals surface area contributed by atoms with Gasteiger partial charge in [-0.05, 0) is 12.1 Å². The fraction of sp³-hybridized carbons (Fsp3) is 0.222. The molecule has 0 radical (unpaired) electrons. The summed E-state index contributed by atoms with van der Waals surface area (Å²) in [6.45, 7) is 0.368. The van der Waals surface area contributed by atoms with E-state index >= 15 is 0 Å². The van der Waals surface area contributed by atoms with Gasteiger partial charge in [0.2, 0.25) is 0 Å². The molecular formula is C9H8FKO3. The molecule has 3 nitrogen and oxygen atoms in total. The topological polar surface area (TPSA) is 38.8 Å². The zero-order chi connectivity index (χ0) is 9.26. The third kappa shape index (κ3) is 3.11. The third-order valence-electron chi connectivity index (χ3n) is 1.64. The molecule has 14 heavy (non-hydrogen) atoms. The second kappa shape index (κ2) is 5.34. The molecule has 0 aliphatic carbocycles. The Kier molecular flexibility index (Phi) is 4.69. The predicted octanol–water partition coefficient (Wildman–Crippen LogP) is -1.75. The number of hydrogen-bond donors (Lipinski definition) is 0. The summed E-state index contributed by atoms with van der Waals surface area (Å²) < 4.78 is 22.3. The minimum absolute atomic E-state index is 0. The number of para-hydroxylation sites is 1. The van der Waals surface area contributed by atoms with Crippen LogP contribution in [0.3, 0.4) is 0 Å². The third-order valence-corrected chi connectivity index (χ3v) is 1.64. The molecule has 0 amide bonds. The van der Waals surface area contributed by atoms with Gasteiger partial charge >= 0.3 is 57.4 Å². The molecule has 1 aromatic carbocycles. The Morgan fingerprint density at radius 1 is 1.57 bits per heavy atom. The summed E-state index contributed by atoms with van der Waals surface area (Å²) in [5.74, 6) is -1.13. The Hall–Kier alpha value is 0.216. The van der Waals surface area contributed by atoms with Crippen LogP contribution in [-0.4, -0.2) is 18.7 Å². The standard InChI is InChI=1S/C9H7FO3.K.H/c10-6-3-1-2-4-7(6)13-9(11)8-5-12-8;;/h1-4,8H,5H2;;/q;+1;-1. The summed E-state index contributed by atoms with van der Waals surface area (Å²) in [4.78, 5) is 11.0. The van der Waals surface area contributed by atoms with Crippen molar-refractivity contribution >= 4 is 5.97 Å². The van der Waals surface area contributed by atoms with Gasteiger partial charge in [0.1, 0.15) is 0 Å². The molecule has 2 rings (SSSR count). The van der Waals surface area contributed by atoms with Crippen molar-refractivity contribution in [3.8, 4) is 5.75 Å². The van der Waals surface area contributed by atoms with Crippen LogP contribution < -0.4 is 56.1 Å². The molecule has 0 aromatic heterocycles. The summed E-state index contributed by atoms with van der Waals surface area (Å²) in [6.07, 6.45) is -0.500. The predicted molar refractivity (Wildman–Crippen MR) is 42.9 cm³/mol. The Labute approximate surface area is 124 Å². The van der Waals surface area contributed by atoms with Crippen molar-refractivity contribution in [1.82, 2.24) is 0 Å². The molecule has 5 heteroatoms. The first-order valence-corrected chi connectivity index (χ1v) is 3.85. The number of rotatable bonds is 2.